The molecule has 0 amide bonds. The van der Waals surface area contributed by atoms with E-state index in [1.165, 1.54) is 0 Å². The average Bonchev–Trinajstić information content (AvgIpc) is 2.16. The van der Waals surface area contributed by atoms with E-state index in [9.17, 15) is 0 Å². The van der Waals surface area contributed by atoms with E-state index in [1.54, 1.807) is 14.1 Å². The first-order chi connectivity index (χ1) is 6.20. The third-order valence-electron chi connectivity index (χ3n) is 1.38. The van der Waals surface area contributed by atoms with Gasteiger partial charge in [0.15, 0.2) is 10.2 Å². The summed E-state index contributed by atoms with van der Waals surface area (Å²) in [4.78, 5) is 0. The van der Waals surface area contributed by atoms with E-state index in [1.807, 2.05) is 0 Å². The van der Waals surface area contributed by atoms with Gasteiger partial charge in [-0.3, -0.25) is 0 Å². The first-order valence-corrected chi connectivity index (χ1v) is 4.93. The van der Waals surface area contributed by atoms with Crippen LogP contribution in [0, 0.1) is 0 Å². The van der Waals surface area contributed by atoms with Gasteiger partial charge in [0.1, 0.15) is 0 Å². The van der Waals surface area contributed by atoms with E-state index in [0.717, 1.165) is 19.5 Å². The zero-order valence-corrected chi connectivity index (χ0v) is 9.57. The monoisotopic (exact) mass is 220 g/mol. The fraction of sp³-hybridized carbons (Fsp3) is 0.714. The zero-order chi connectivity index (χ0) is 10.1. The molecule has 0 aliphatic rings. The van der Waals surface area contributed by atoms with Gasteiger partial charge in [-0.1, -0.05) is 0 Å². The summed E-state index contributed by atoms with van der Waals surface area (Å²) in [5.74, 6) is 0. The van der Waals surface area contributed by atoms with Crippen LogP contribution in [0.15, 0.2) is 0 Å². The van der Waals surface area contributed by atoms with Crippen LogP contribution in [-0.2, 0) is 0 Å². The molecule has 0 saturated heterocycles. The van der Waals surface area contributed by atoms with Gasteiger partial charge in [-0.25, -0.2) is 0 Å². The van der Waals surface area contributed by atoms with Crippen LogP contribution in [-0.4, -0.2) is 37.4 Å². The number of hydrogen-bond acceptors (Lipinski definition) is 2. The molecule has 0 spiro atoms. The van der Waals surface area contributed by atoms with Gasteiger partial charge in [0.2, 0.25) is 0 Å². The molecule has 0 aromatic rings. The van der Waals surface area contributed by atoms with Crippen LogP contribution in [0.4, 0.5) is 0 Å². The lowest BCUT2D eigenvalue weighted by atomic mass is 10.4. The van der Waals surface area contributed by atoms with Crippen molar-refractivity contribution in [3.63, 3.8) is 0 Å². The molecule has 4 nitrogen and oxygen atoms in total. The van der Waals surface area contributed by atoms with Crippen LogP contribution in [0.3, 0.4) is 0 Å². The fourth-order valence-corrected chi connectivity index (χ4v) is 0.873. The Morgan fingerprint density at radius 1 is 0.923 bits per heavy atom. The SMILES string of the molecule is CNC(=S)NCCCNC(=S)NC. The van der Waals surface area contributed by atoms with Gasteiger partial charge in [0.05, 0.1) is 0 Å². The molecule has 4 N–H and O–H groups in total. The molecule has 0 fully saturated rings. The summed E-state index contributed by atoms with van der Waals surface area (Å²) < 4.78 is 0. The summed E-state index contributed by atoms with van der Waals surface area (Å²) in [5.41, 5.74) is 0. The second kappa shape index (κ2) is 8.00. The Labute approximate surface area is 89.8 Å². The van der Waals surface area contributed by atoms with Crippen molar-refractivity contribution in [1.29, 1.82) is 0 Å². The quantitative estimate of drug-likeness (QED) is 0.381. The van der Waals surface area contributed by atoms with Crippen LogP contribution < -0.4 is 21.3 Å². The van der Waals surface area contributed by atoms with Gasteiger partial charge in [0.25, 0.3) is 0 Å². The number of nitrogens with one attached hydrogen (secondary N) is 4. The highest BCUT2D eigenvalue weighted by molar-refractivity contribution is 7.80. The van der Waals surface area contributed by atoms with E-state index in [2.05, 4.69) is 21.3 Å². The highest BCUT2D eigenvalue weighted by Crippen LogP contribution is 1.74. The molecule has 0 aliphatic heterocycles. The molecule has 0 bridgehead atoms. The molecule has 13 heavy (non-hydrogen) atoms. The predicted molar refractivity (Wildman–Crippen MR) is 63.9 cm³/mol. The van der Waals surface area contributed by atoms with E-state index in [0.29, 0.717) is 10.2 Å². The fourth-order valence-electron chi connectivity index (χ4n) is 0.669. The molecular formula is C7H16N4S2. The van der Waals surface area contributed by atoms with Gasteiger partial charge in [-0.05, 0) is 30.9 Å². The Morgan fingerprint density at radius 2 is 1.31 bits per heavy atom. The molecule has 0 aromatic heterocycles. The standard InChI is InChI=1S/C7H16N4S2/c1-8-6(12)10-4-3-5-11-7(13)9-2/h3-5H2,1-2H3,(H2,8,10,12)(H2,9,11,13). The third-order valence-corrected chi connectivity index (χ3v) is 2.08. The van der Waals surface area contributed by atoms with Crippen LogP contribution in [0.2, 0.25) is 0 Å². The Kier molecular flexibility index (Phi) is 7.62. The molecule has 0 radical (unpaired) electrons. The van der Waals surface area contributed by atoms with Crippen LogP contribution in [0.1, 0.15) is 6.42 Å². The molecule has 0 aromatic carbocycles. The van der Waals surface area contributed by atoms with Crippen molar-refractivity contribution in [2.45, 2.75) is 6.42 Å². The second-order valence-corrected chi connectivity index (χ2v) is 3.18. The summed E-state index contributed by atoms with van der Waals surface area (Å²) in [6.45, 7) is 1.69. The van der Waals surface area contributed by atoms with Crippen molar-refractivity contribution in [3.05, 3.63) is 0 Å². The van der Waals surface area contributed by atoms with Gasteiger partial charge < -0.3 is 21.3 Å². The normalized spacial score (nSPS) is 8.77. The van der Waals surface area contributed by atoms with Crippen molar-refractivity contribution >= 4 is 34.7 Å². The first kappa shape index (κ1) is 12.4. The third kappa shape index (κ3) is 7.73. The molecule has 6 heteroatoms. The topological polar surface area (TPSA) is 48.1 Å². The highest BCUT2D eigenvalue weighted by atomic mass is 32.1. The Balaban J connectivity index is 3.17. The van der Waals surface area contributed by atoms with E-state index >= 15 is 0 Å². The zero-order valence-electron chi connectivity index (χ0n) is 7.94. The maximum Gasteiger partial charge on any atom is 0.166 e. The van der Waals surface area contributed by atoms with Gasteiger partial charge >= 0.3 is 0 Å². The largest absolute Gasteiger partial charge is 0.366 e. The van der Waals surface area contributed by atoms with Crippen LogP contribution >= 0.6 is 24.4 Å². The molecule has 0 heterocycles. The molecular weight excluding hydrogens is 204 g/mol. The smallest absolute Gasteiger partial charge is 0.166 e. The predicted octanol–water partition coefficient (Wildman–Crippen LogP) is -0.436. The summed E-state index contributed by atoms with van der Waals surface area (Å²) in [6, 6.07) is 0. The molecule has 0 rings (SSSR count). The summed E-state index contributed by atoms with van der Waals surface area (Å²) in [7, 11) is 3.59. The summed E-state index contributed by atoms with van der Waals surface area (Å²) in [5, 5.41) is 13.1. The van der Waals surface area contributed by atoms with E-state index in [-0.39, 0.29) is 0 Å². The maximum atomic E-state index is 4.90. The van der Waals surface area contributed by atoms with Crippen molar-refractivity contribution in [2.75, 3.05) is 27.2 Å². The minimum absolute atomic E-state index is 0.677. The number of hydrogen-bond donors (Lipinski definition) is 4. The maximum absolute atomic E-state index is 4.90. The van der Waals surface area contributed by atoms with Gasteiger partial charge in [-0.2, -0.15) is 0 Å². The molecule has 76 valence electrons. The highest BCUT2D eigenvalue weighted by Gasteiger charge is 1.92. The van der Waals surface area contributed by atoms with Crippen molar-refractivity contribution in [1.82, 2.24) is 21.3 Å². The Hall–Kier alpha value is -0.620. The Morgan fingerprint density at radius 3 is 1.62 bits per heavy atom. The van der Waals surface area contributed by atoms with Gasteiger partial charge in [0, 0.05) is 27.2 Å². The minimum atomic E-state index is 0.677. The second-order valence-electron chi connectivity index (χ2n) is 2.37. The molecule has 0 saturated carbocycles. The van der Waals surface area contributed by atoms with Crippen molar-refractivity contribution in [2.24, 2.45) is 0 Å². The summed E-state index contributed by atoms with van der Waals surface area (Å²) in [6.07, 6.45) is 0.976. The molecule has 0 atom stereocenters. The molecule has 0 aliphatic carbocycles. The van der Waals surface area contributed by atoms with E-state index in [4.69, 9.17) is 24.4 Å². The summed E-state index contributed by atoms with van der Waals surface area (Å²) >= 11 is 9.80. The lowest BCUT2D eigenvalue weighted by molar-refractivity contribution is 0.733. The van der Waals surface area contributed by atoms with Crippen LogP contribution in [0.25, 0.3) is 0 Å². The van der Waals surface area contributed by atoms with Crippen molar-refractivity contribution < 1.29 is 0 Å². The van der Waals surface area contributed by atoms with Crippen molar-refractivity contribution in [3.8, 4) is 0 Å². The van der Waals surface area contributed by atoms with Crippen LogP contribution in [0.5, 0.6) is 0 Å². The Bertz CT molecular complexity index is 154. The van der Waals surface area contributed by atoms with E-state index < -0.39 is 0 Å². The van der Waals surface area contributed by atoms with Gasteiger partial charge in [-0.15, -0.1) is 0 Å². The lowest BCUT2D eigenvalue weighted by Crippen LogP contribution is -2.36. The lowest BCUT2D eigenvalue weighted by Gasteiger charge is -2.08. The number of thiocarbonyl (C=S) groups is 2. The molecule has 0 unspecified atom stereocenters. The number of rotatable bonds is 4. The minimum Gasteiger partial charge on any atom is -0.366 e. The first-order valence-electron chi connectivity index (χ1n) is 4.12. The average molecular weight is 220 g/mol.